The Bertz CT molecular complexity index is 545. The Kier molecular flexibility index (Phi) is 8.17. The summed E-state index contributed by atoms with van der Waals surface area (Å²) in [6.45, 7) is 5.29. The minimum atomic E-state index is 0. The summed E-state index contributed by atoms with van der Waals surface area (Å²) in [4.78, 5) is 13.2. The van der Waals surface area contributed by atoms with Crippen LogP contribution in [0.15, 0.2) is 29.4 Å². The van der Waals surface area contributed by atoms with Gasteiger partial charge in [0.2, 0.25) is 5.88 Å². The molecule has 2 fully saturated rings. The highest BCUT2D eigenvalue weighted by molar-refractivity contribution is 14.0. The molecule has 0 amide bonds. The van der Waals surface area contributed by atoms with Crippen molar-refractivity contribution in [2.45, 2.75) is 18.6 Å². The van der Waals surface area contributed by atoms with Gasteiger partial charge in [0.15, 0.2) is 5.96 Å². The number of hydrogen-bond donors (Lipinski definition) is 1. The van der Waals surface area contributed by atoms with E-state index in [0.29, 0.717) is 5.88 Å². The number of aromatic nitrogens is 1. The zero-order valence-electron chi connectivity index (χ0n) is 14.9. The summed E-state index contributed by atoms with van der Waals surface area (Å²) in [6.07, 6.45) is 3.09. The molecule has 1 N–H and O–H groups in total. The van der Waals surface area contributed by atoms with E-state index in [2.05, 4.69) is 32.1 Å². The van der Waals surface area contributed by atoms with Gasteiger partial charge in [-0.15, -0.1) is 24.0 Å². The Morgan fingerprint density at radius 1 is 1.40 bits per heavy atom. The van der Waals surface area contributed by atoms with Crippen LogP contribution in [-0.4, -0.2) is 86.4 Å². The Labute approximate surface area is 166 Å². The van der Waals surface area contributed by atoms with Crippen molar-refractivity contribution in [2.24, 2.45) is 4.99 Å². The maximum Gasteiger partial charge on any atom is 0.213 e. The normalized spacial score (nSPS) is 24.7. The van der Waals surface area contributed by atoms with Crippen molar-refractivity contribution in [3.63, 3.8) is 0 Å². The molecule has 0 bridgehead atoms. The first kappa shape index (κ1) is 20.2. The summed E-state index contributed by atoms with van der Waals surface area (Å²) in [7, 11) is 3.95. The summed E-state index contributed by atoms with van der Waals surface area (Å²) in [5, 5.41) is 3.44. The van der Waals surface area contributed by atoms with Gasteiger partial charge in [-0.1, -0.05) is 6.07 Å². The number of rotatable bonds is 4. The van der Waals surface area contributed by atoms with Gasteiger partial charge in [-0.05, 0) is 13.1 Å². The minimum Gasteiger partial charge on any atom is -0.472 e. The van der Waals surface area contributed by atoms with Gasteiger partial charge in [0.1, 0.15) is 6.10 Å². The van der Waals surface area contributed by atoms with Crippen molar-refractivity contribution in [1.82, 2.24) is 20.1 Å². The second kappa shape index (κ2) is 10.1. The number of nitrogens with one attached hydrogen (secondary N) is 1. The molecule has 8 heteroatoms. The van der Waals surface area contributed by atoms with E-state index < -0.39 is 0 Å². The van der Waals surface area contributed by atoms with Crippen LogP contribution in [0.3, 0.4) is 0 Å². The molecule has 2 unspecified atom stereocenters. The maximum absolute atomic E-state index is 5.94. The average molecular weight is 461 g/mol. The monoisotopic (exact) mass is 461 g/mol. The molecule has 2 atom stereocenters. The van der Waals surface area contributed by atoms with Gasteiger partial charge >= 0.3 is 0 Å². The first-order chi connectivity index (χ1) is 11.7. The molecule has 0 aliphatic carbocycles. The fourth-order valence-corrected chi connectivity index (χ4v) is 3.13. The number of halogens is 1. The lowest BCUT2D eigenvalue weighted by Gasteiger charge is -2.31. The number of guanidine groups is 1. The molecule has 0 spiro atoms. The summed E-state index contributed by atoms with van der Waals surface area (Å²) >= 11 is 0. The molecule has 2 saturated heterocycles. The first-order valence-electron chi connectivity index (χ1n) is 8.58. The van der Waals surface area contributed by atoms with Gasteiger partial charge in [0.05, 0.1) is 19.3 Å². The van der Waals surface area contributed by atoms with E-state index in [1.54, 1.807) is 6.20 Å². The lowest BCUT2D eigenvalue weighted by molar-refractivity contribution is -0.0163. The Morgan fingerprint density at radius 3 is 3.00 bits per heavy atom. The van der Waals surface area contributed by atoms with Crippen LogP contribution < -0.4 is 10.1 Å². The zero-order valence-corrected chi connectivity index (χ0v) is 17.3. The zero-order chi connectivity index (χ0) is 16.8. The van der Waals surface area contributed by atoms with Crippen LogP contribution in [0.2, 0.25) is 0 Å². The highest BCUT2D eigenvalue weighted by Crippen LogP contribution is 2.16. The molecule has 3 rings (SSSR count). The van der Waals surface area contributed by atoms with Crippen LogP contribution in [-0.2, 0) is 4.74 Å². The number of likely N-dealkylation sites (N-methyl/N-ethyl adjacent to an activating group) is 1. The van der Waals surface area contributed by atoms with Crippen LogP contribution in [0.5, 0.6) is 5.88 Å². The van der Waals surface area contributed by atoms with Gasteiger partial charge in [0, 0.05) is 51.9 Å². The lowest BCUT2D eigenvalue weighted by atomic mass is 10.3. The molecule has 7 nitrogen and oxygen atoms in total. The fraction of sp³-hybridized carbons (Fsp3) is 0.647. The standard InChI is InChI=1S/C17H27N5O2.HI/c1-18-17(20-11-15-12-21(2)9-10-23-15)22-8-6-14(13-22)24-16-5-3-4-7-19-16;/h3-5,7,14-15H,6,8-13H2,1-2H3,(H,18,20);1H. The molecule has 0 saturated carbocycles. The second-order valence-corrected chi connectivity index (χ2v) is 6.33. The van der Waals surface area contributed by atoms with E-state index in [4.69, 9.17) is 9.47 Å². The van der Waals surface area contributed by atoms with Crippen molar-refractivity contribution >= 4 is 29.9 Å². The topological polar surface area (TPSA) is 62.2 Å². The molecule has 0 radical (unpaired) electrons. The van der Waals surface area contributed by atoms with E-state index in [0.717, 1.165) is 51.7 Å². The SMILES string of the molecule is CN=C(NCC1CN(C)CCO1)N1CCC(Oc2ccccn2)C1.I. The number of hydrogen-bond acceptors (Lipinski definition) is 5. The molecule has 2 aliphatic rings. The summed E-state index contributed by atoms with van der Waals surface area (Å²) in [5.74, 6) is 1.60. The van der Waals surface area contributed by atoms with E-state index in [9.17, 15) is 0 Å². The predicted molar refractivity (Wildman–Crippen MR) is 109 cm³/mol. The maximum atomic E-state index is 5.94. The minimum absolute atomic E-state index is 0. The molecular formula is C17H28IN5O2. The molecular weight excluding hydrogens is 433 g/mol. The van der Waals surface area contributed by atoms with Crippen LogP contribution in [0.1, 0.15) is 6.42 Å². The van der Waals surface area contributed by atoms with E-state index in [1.807, 2.05) is 25.2 Å². The molecule has 1 aromatic heterocycles. The third-order valence-corrected chi connectivity index (χ3v) is 4.41. The molecule has 0 aromatic carbocycles. The van der Waals surface area contributed by atoms with Gasteiger partial charge in [0.25, 0.3) is 0 Å². The summed E-state index contributed by atoms with van der Waals surface area (Å²) in [5.41, 5.74) is 0. The smallest absolute Gasteiger partial charge is 0.213 e. The number of likely N-dealkylation sites (tertiary alicyclic amines) is 1. The predicted octanol–water partition coefficient (Wildman–Crippen LogP) is 1.06. The third-order valence-electron chi connectivity index (χ3n) is 4.41. The van der Waals surface area contributed by atoms with Gasteiger partial charge in [-0.2, -0.15) is 0 Å². The highest BCUT2D eigenvalue weighted by atomic mass is 127. The van der Waals surface area contributed by atoms with Crippen LogP contribution in [0, 0.1) is 0 Å². The number of ether oxygens (including phenoxy) is 2. The summed E-state index contributed by atoms with van der Waals surface area (Å²) < 4.78 is 11.7. The van der Waals surface area contributed by atoms with Gasteiger partial charge in [-0.3, -0.25) is 4.99 Å². The van der Waals surface area contributed by atoms with E-state index in [-0.39, 0.29) is 36.2 Å². The van der Waals surface area contributed by atoms with Crippen LogP contribution in [0.25, 0.3) is 0 Å². The highest BCUT2D eigenvalue weighted by Gasteiger charge is 2.27. The van der Waals surface area contributed by atoms with Crippen molar-refractivity contribution in [2.75, 3.05) is 53.4 Å². The first-order valence-corrected chi connectivity index (χ1v) is 8.58. The Balaban J connectivity index is 0.00000225. The Morgan fingerprint density at radius 2 is 2.28 bits per heavy atom. The third kappa shape index (κ3) is 5.96. The second-order valence-electron chi connectivity index (χ2n) is 6.33. The Hall–Kier alpha value is -1.13. The van der Waals surface area contributed by atoms with Crippen molar-refractivity contribution < 1.29 is 9.47 Å². The van der Waals surface area contributed by atoms with Crippen molar-refractivity contribution in [1.29, 1.82) is 0 Å². The van der Waals surface area contributed by atoms with Gasteiger partial charge < -0.3 is 24.6 Å². The van der Waals surface area contributed by atoms with E-state index in [1.165, 1.54) is 0 Å². The molecule has 3 heterocycles. The van der Waals surface area contributed by atoms with Crippen molar-refractivity contribution in [3.05, 3.63) is 24.4 Å². The lowest BCUT2D eigenvalue weighted by Crippen LogP contribution is -2.49. The van der Waals surface area contributed by atoms with E-state index >= 15 is 0 Å². The van der Waals surface area contributed by atoms with Crippen LogP contribution >= 0.6 is 24.0 Å². The average Bonchev–Trinajstić information content (AvgIpc) is 3.05. The number of pyridine rings is 1. The number of aliphatic imine (C=N–C) groups is 1. The van der Waals surface area contributed by atoms with Crippen LogP contribution in [0.4, 0.5) is 0 Å². The molecule has 1 aromatic rings. The fourth-order valence-electron chi connectivity index (χ4n) is 3.13. The molecule has 25 heavy (non-hydrogen) atoms. The summed E-state index contributed by atoms with van der Waals surface area (Å²) in [6, 6.07) is 5.73. The largest absolute Gasteiger partial charge is 0.472 e. The molecule has 140 valence electrons. The van der Waals surface area contributed by atoms with Crippen molar-refractivity contribution in [3.8, 4) is 5.88 Å². The molecule has 2 aliphatic heterocycles. The quantitative estimate of drug-likeness (QED) is 0.411. The van der Waals surface area contributed by atoms with Gasteiger partial charge in [-0.25, -0.2) is 4.98 Å². The number of morpholine rings is 1. The number of nitrogens with zero attached hydrogens (tertiary/aromatic N) is 4.